The predicted molar refractivity (Wildman–Crippen MR) is 130 cm³/mol. The van der Waals surface area contributed by atoms with Gasteiger partial charge in [-0.3, -0.25) is 14.9 Å². The van der Waals surface area contributed by atoms with Crippen LogP contribution in [0.2, 0.25) is 0 Å². The van der Waals surface area contributed by atoms with Crippen molar-refractivity contribution in [3.05, 3.63) is 54.1 Å². The van der Waals surface area contributed by atoms with Crippen LogP contribution in [-0.4, -0.2) is 50.4 Å². The maximum atomic E-state index is 13.0. The number of hydrogen-bond donors (Lipinski definition) is 3. The zero-order valence-electron chi connectivity index (χ0n) is 19.0. The largest absolute Gasteiger partial charge is 0.497 e. The molecule has 0 aliphatic carbocycles. The Balaban J connectivity index is 1.55. The topological polar surface area (TPSA) is 114 Å². The summed E-state index contributed by atoms with van der Waals surface area (Å²) in [5, 5.41) is 7.17. The molecule has 0 bridgehead atoms. The van der Waals surface area contributed by atoms with Gasteiger partial charge in [-0.2, -0.15) is 0 Å². The zero-order valence-corrected chi connectivity index (χ0v) is 20.7. The second kappa shape index (κ2) is 10.1. The third-order valence-electron chi connectivity index (χ3n) is 5.21. The lowest BCUT2D eigenvalue weighted by Crippen LogP contribution is -2.59. The Bertz CT molecular complexity index is 1110. The minimum absolute atomic E-state index is 0.0373. The van der Waals surface area contributed by atoms with E-state index in [1.54, 1.807) is 55.6 Å². The number of sulfone groups is 1. The third kappa shape index (κ3) is 6.27. The van der Waals surface area contributed by atoms with Crippen molar-refractivity contribution in [1.82, 2.24) is 10.6 Å². The maximum absolute atomic E-state index is 13.0. The Hall–Kier alpha value is -2.56. The number of amides is 2. The molecule has 3 rings (SSSR count). The van der Waals surface area contributed by atoms with Gasteiger partial charge in [0.15, 0.2) is 15.1 Å². The molecular formula is C23H29N3O5S2. The van der Waals surface area contributed by atoms with Gasteiger partial charge in [0.25, 0.3) is 0 Å². The molecule has 1 aliphatic heterocycles. The van der Waals surface area contributed by atoms with Crippen LogP contribution in [0.25, 0.3) is 0 Å². The molecule has 2 aromatic rings. The van der Waals surface area contributed by atoms with E-state index in [1.165, 1.54) is 11.8 Å². The highest BCUT2D eigenvalue weighted by Gasteiger charge is 2.38. The number of nitrogens with one attached hydrogen (secondary N) is 3. The van der Waals surface area contributed by atoms with Gasteiger partial charge in [-0.15, -0.1) is 11.8 Å². The molecule has 1 heterocycles. The second-order valence-corrected chi connectivity index (χ2v) is 11.9. The highest BCUT2D eigenvalue weighted by molar-refractivity contribution is 8.00. The molecule has 2 aromatic carbocycles. The van der Waals surface area contributed by atoms with Crippen LogP contribution in [0, 0.1) is 0 Å². The van der Waals surface area contributed by atoms with Crippen LogP contribution < -0.4 is 20.7 Å². The van der Waals surface area contributed by atoms with Crippen molar-refractivity contribution in [2.24, 2.45) is 0 Å². The van der Waals surface area contributed by atoms with Crippen LogP contribution in [0.5, 0.6) is 5.75 Å². The number of benzene rings is 2. The fraction of sp³-hybridized carbons (Fsp3) is 0.391. The summed E-state index contributed by atoms with van der Waals surface area (Å²) in [5.41, 5.74) is 0.943. The molecule has 2 amide bonds. The lowest BCUT2D eigenvalue weighted by atomic mass is 9.87. The summed E-state index contributed by atoms with van der Waals surface area (Å²) in [6.45, 7) is 6.10. The van der Waals surface area contributed by atoms with Gasteiger partial charge in [0, 0.05) is 18.3 Å². The fourth-order valence-corrected chi connectivity index (χ4v) is 5.61. The number of thioether (sulfide) groups is 1. The van der Waals surface area contributed by atoms with Crippen LogP contribution in [0.1, 0.15) is 26.3 Å². The Morgan fingerprint density at radius 2 is 1.88 bits per heavy atom. The Morgan fingerprint density at radius 3 is 2.48 bits per heavy atom. The standard InChI is InChI=1S/C23H29N3O5S2/c1-23(2,3)15-8-10-18(11-9-15)33(29,30)19-13-24-22(26-21(19)28)32-14-20(27)25-16-6-5-7-17(12-16)31-4/h5-12,19,22,24H,13-14H2,1-4H3,(H,25,27)(H,26,28). The normalized spacial score (nSPS) is 19.0. The van der Waals surface area contributed by atoms with Crippen molar-refractivity contribution < 1.29 is 22.7 Å². The van der Waals surface area contributed by atoms with Gasteiger partial charge in [0.2, 0.25) is 11.8 Å². The average Bonchev–Trinajstić information content (AvgIpc) is 2.77. The number of methoxy groups -OCH3 is 1. The van der Waals surface area contributed by atoms with Crippen molar-refractivity contribution >= 4 is 39.1 Å². The Kier molecular flexibility index (Phi) is 7.71. The van der Waals surface area contributed by atoms with E-state index in [0.29, 0.717) is 11.4 Å². The summed E-state index contributed by atoms with van der Waals surface area (Å²) >= 11 is 1.17. The lowest BCUT2D eigenvalue weighted by Gasteiger charge is -2.29. The summed E-state index contributed by atoms with van der Waals surface area (Å²) in [5.74, 6) is -0.139. The molecule has 1 aliphatic rings. The Labute approximate surface area is 198 Å². The summed E-state index contributed by atoms with van der Waals surface area (Å²) in [7, 11) is -2.31. The molecule has 0 aromatic heterocycles. The van der Waals surface area contributed by atoms with Gasteiger partial charge >= 0.3 is 0 Å². The first-order valence-corrected chi connectivity index (χ1v) is 13.0. The van der Waals surface area contributed by atoms with Crippen LogP contribution in [0.4, 0.5) is 5.69 Å². The van der Waals surface area contributed by atoms with Gasteiger partial charge in [-0.25, -0.2) is 8.42 Å². The number of carbonyl (C=O) groups is 2. The summed E-state index contributed by atoms with van der Waals surface area (Å²) < 4.78 is 31.1. The van der Waals surface area contributed by atoms with E-state index in [2.05, 4.69) is 16.0 Å². The van der Waals surface area contributed by atoms with E-state index in [9.17, 15) is 18.0 Å². The number of hydrogen-bond acceptors (Lipinski definition) is 7. The lowest BCUT2D eigenvalue weighted by molar-refractivity contribution is -0.122. The third-order valence-corrected chi connectivity index (χ3v) is 8.32. The van der Waals surface area contributed by atoms with E-state index in [-0.39, 0.29) is 28.5 Å². The van der Waals surface area contributed by atoms with Gasteiger partial charge in [0.05, 0.1) is 17.8 Å². The number of rotatable bonds is 7. The monoisotopic (exact) mass is 491 g/mol. The number of carbonyl (C=O) groups excluding carboxylic acids is 2. The summed E-state index contributed by atoms with van der Waals surface area (Å²) in [6.07, 6.45) is 0. The first-order chi connectivity index (χ1) is 15.5. The minimum atomic E-state index is -3.85. The summed E-state index contributed by atoms with van der Waals surface area (Å²) in [4.78, 5) is 24.9. The van der Waals surface area contributed by atoms with E-state index in [0.717, 1.165) is 5.56 Å². The number of anilines is 1. The van der Waals surface area contributed by atoms with Crippen LogP contribution in [0.15, 0.2) is 53.4 Å². The van der Waals surface area contributed by atoms with Crippen molar-refractivity contribution in [2.45, 2.75) is 41.8 Å². The minimum Gasteiger partial charge on any atom is -0.497 e. The van der Waals surface area contributed by atoms with Crippen molar-refractivity contribution in [3.63, 3.8) is 0 Å². The van der Waals surface area contributed by atoms with Crippen LogP contribution >= 0.6 is 11.8 Å². The molecule has 1 saturated heterocycles. The van der Waals surface area contributed by atoms with E-state index >= 15 is 0 Å². The van der Waals surface area contributed by atoms with Crippen LogP contribution in [-0.2, 0) is 24.8 Å². The average molecular weight is 492 g/mol. The smallest absolute Gasteiger partial charge is 0.241 e. The van der Waals surface area contributed by atoms with E-state index in [1.807, 2.05) is 20.8 Å². The first kappa shape index (κ1) is 25.1. The molecular weight excluding hydrogens is 462 g/mol. The van der Waals surface area contributed by atoms with E-state index in [4.69, 9.17) is 4.74 Å². The SMILES string of the molecule is COc1cccc(NC(=O)CSC2NCC(S(=O)(=O)c3ccc(C(C)(C)C)cc3)C(=O)N2)c1. The molecule has 0 radical (unpaired) electrons. The molecule has 3 N–H and O–H groups in total. The van der Waals surface area contributed by atoms with Gasteiger partial charge in [-0.05, 0) is 35.2 Å². The molecule has 1 fully saturated rings. The van der Waals surface area contributed by atoms with Gasteiger partial charge < -0.3 is 15.4 Å². The maximum Gasteiger partial charge on any atom is 0.241 e. The second-order valence-electron chi connectivity index (χ2n) is 8.70. The molecule has 178 valence electrons. The molecule has 0 spiro atoms. The highest BCUT2D eigenvalue weighted by atomic mass is 32.2. The van der Waals surface area contributed by atoms with Gasteiger partial charge in [0.1, 0.15) is 11.2 Å². The predicted octanol–water partition coefficient (Wildman–Crippen LogP) is 2.51. The molecule has 2 atom stereocenters. The summed E-state index contributed by atoms with van der Waals surface area (Å²) in [6, 6.07) is 13.6. The van der Waals surface area contributed by atoms with Crippen molar-refractivity contribution in [2.75, 3.05) is 24.7 Å². The van der Waals surface area contributed by atoms with E-state index < -0.39 is 26.5 Å². The Morgan fingerprint density at radius 1 is 1.18 bits per heavy atom. The van der Waals surface area contributed by atoms with Crippen LogP contribution in [0.3, 0.4) is 0 Å². The van der Waals surface area contributed by atoms with Gasteiger partial charge in [-0.1, -0.05) is 39.0 Å². The quantitative estimate of drug-likeness (QED) is 0.545. The van der Waals surface area contributed by atoms with Crippen molar-refractivity contribution in [3.8, 4) is 5.75 Å². The molecule has 33 heavy (non-hydrogen) atoms. The highest BCUT2D eigenvalue weighted by Crippen LogP contribution is 2.26. The zero-order chi connectivity index (χ0) is 24.2. The molecule has 0 saturated carbocycles. The van der Waals surface area contributed by atoms with Crippen molar-refractivity contribution in [1.29, 1.82) is 0 Å². The first-order valence-electron chi connectivity index (χ1n) is 10.4. The fourth-order valence-electron chi connectivity index (χ4n) is 3.30. The number of ether oxygens (including phenoxy) is 1. The molecule has 8 nitrogen and oxygen atoms in total. The molecule has 2 unspecified atom stereocenters. The molecule has 10 heteroatoms.